The number of nitrogens with two attached hydrogens (primary N) is 1. The van der Waals surface area contributed by atoms with Gasteiger partial charge in [0.25, 0.3) is 5.91 Å². The Labute approximate surface area is 126 Å². The molecule has 2 rings (SSSR count). The van der Waals surface area contributed by atoms with Gasteiger partial charge in [0.2, 0.25) is 0 Å². The summed E-state index contributed by atoms with van der Waals surface area (Å²) in [6.07, 6.45) is 1.72. The summed E-state index contributed by atoms with van der Waals surface area (Å²) in [6.45, 7) is 0.530. The standard InChI is InChI=1S/C14H15N5OS/c1-17-13(20)12-11(16)10(7-15)14(21-12)19(2)8-9-5-3-4-6-18-9/h3-6H,8,16H2,1-2H3,(H,17,20). The maximum atomic E-state index is 11.8. The minimum atomic E-state index is -0.286. The van der Waals surface area contributed by atoms with Crippen LogP contribution in [0, 0.1) is 11.3 Å². The van der Waals surface area contributed by atoms with Crippen LogP contribution in [0.15, 0.2) is 24.4 Å². The van der Waals surface area contributed by atoms with E-state index in [4.69, 9.17) is 5.73 Å². The molecule has 0 unspecified atom stereocenters. The van der Waals surface area contributed by atoms with Gasteiger partial charge < -0.3 is 16.0 Å². The zero-order valence-electron chi connectivity index (χ0n) is 11.8. The Morgan fingerprint density at radius 3 is 2.90 bits per heavy atom. The number of nitrogen functional groups attached to an aromatic ring is 1. The molecule has 1 amide bonds. The van der Waals surface area contributed by atoms with Crippen LogP contribution in [0.25, 0.3) is 0 Å². The zero-order valence-corrected chi connectivity index (χ0v) is 12.6. The number of amides is 1. The fourth-order valence-electron chi connectivity index (χ4n) is 1.90. The van der Waals surface area contributed by atoms with Crippen molar-refractivity contribution in [1.82, 2.24) is 10.3 Å². The lowest BCUT2D eigenvalue weighted by molar-refractivity contribution is 0.0968. The summed E-state index contributed by atoms with van der Waals surface area (Å²) in [7, 11) is 3.37. The number of nitrogens with one attached hydrogen (secondary N) is 1. The van der Waals surface area contributed by atoms with E-state index in [0.29, 0.717) is 22.0 Å². The zero-order chi connectivity index (χ0) is 15.4. The number of nitrogens with zero attached hydrogens (tertiary/aromatic N) is 3. The number of rotatable bonds is 4. The maximum absolute atomic E-state index is 11.8. The van der Waals surface area contributed by atoms with Crippen molar-refractivity contribution in [2.45, 2.75) is 6.54 Å². The van der Waals surface area contributed by atoms with Gasteiger partial charge in [-0.25, -0.2) is 0 Å². The number of thiophene rings is 1. The minimum Gasteiger partial charge on any atom is -0.396 e. The number of anilines is 2. The third-order valence-electron chi connectivity index (χ3n) is 2.94. The second kappa shape index (κ2) is 6.24. The van der Waals surface area contributed by atoms with Crippen molar-refractivity contribution in [3.8, 4) is 6.07 Å². The Bertz CT molecular complexity index is 689. The third-order valence-corrected chi connectivity index (χ3v) is 4.26. The SMILES string of the molecule is CNC(=O)c1sc(N(C)Cc2ccccn2)c(C#N)c1N. The highest BCUT2D eigenvalue weighted by molar-refractivity contribution is 7.19. The molecular weight excluding hydrogens is 286 g/mol. The van der Waals surface area contributed by atoms with Crippen LogP contribution in [0.3, 0.4) is 0 Å². The van der Waals surface area contributed by atoms with Crippen LogP contribution in [0.5, 0.6) is 0 Å². The Balaban J connectivity index is 2.35. The molecule has 0 radical (unpaired) electrons. The summed E-state index contributed by atoms with van der Waals surface area (Å²) in [5.74, 6) is -0.286. The molecular formula is C14H15N5OS. The second-order valence-corrected chi connectivity index (χ2v) is 5.39. The monoisotopic (exact) mass is 301 g/mol. The summed E-state index contributed by atoms with van der Waals surface area (Å²) in [4.78, 5) is 18.3. The van der Waals surface area contributed by atoms with Crippen LogP contribution >= 0.6 is 11.3 Å². The van der Waals surface area contributed by atoms with Gasteiger partial charge in [0.15, 0.2) is 0 Å². The molecule has 0 spiro atoms. The molecule has 0 aromatic carbocycles. The Morgan fingerprint density at radius 1 is 1.57 bits per heavy atom. The first-order valence-corrected chi connectivity index (χ1v) is 7.05. The predicted molar refractivity (Wildman–Crippen MR) is 83.2 cm³/mol. The number of carbonyl (C=O) groups is 1. The number of carbonyl (C=O) groups excluding carboxylic acids is 1. The van der Waals surface area contributed by atoms with Crippen molar-refractivity contribution in [1.29, 1.82) is 5.26 Å². The molecule has 2 heterocycles. The minimum absolute atomic E-state index is 0.227. The van der Waals surface area contributed by atoms with Gasteiger partial charge in [-0.3, -0.25) is 9.78 Å². The number of aromatic nitrogens is 1. The lowest BCUT2D eigenvalue weighted by Gasteiger charge is -2.17. The van der Waals surface area contributed by atoms with Gasteiger partial charge in [-0.15, -0.1) is 11.3 Å². The fourth-order valence-corrected chi connectivity index (χ4v) is 2.98. The quantitative estimate of drug-likeness (QED) is 0.894. The van der Waals surface area contributed by atoms with Crippen LogP contribution < -0.4 is 16.0 Å². The number of hydrogen-bond acceptors (Lipinski definition) is 6. The average molecular weight is 301 g/mol. The number of pyridine rings is 1. The molecule has 2 aromatic rings. The van der Waals surface area contributed by atoms with Crippen molar-refractivity contribution in [2.75, 3.05) is 24.7 Å². The molecule has 0 saturated carbocycles. The first-order chi connectivity index (χ1) is 10.1. The smallest absolute Gasteiger partial charge is 0.263 e. The van der Waals surface area contributed by atoms with Crippen LogP contribution in [-0.2, 0) is 6.54 Å². The maximum Gasteiger partial charge on any atom is 0.263 e. The van der Waals surface area contributed by atoms with E-state index < -0.39 is 0 Å². The lowest BCUT2D eigenvalue weighted by atomic mass is 10.2. The van der Waals surface area contributed by atoms with Gasteiger partial charge in [0.05, 0.1) is 17.9 Å². The molecule has 0 atom stereocenters. The van der Waals surface area contributed by atoms with E-state index in [2.05, 4.69) is 16.4 Å². The molecule has 108 valence electrons. The molecule has 0 fully saturated rings. The van der Waals surface area contributed by atoms with Crippen LogP contribution in [0.2, 0.25) is 0 Å². The summed E-state index contributed by atoms with van der Waals surface area (Å²) in [5.41, 5.74) is 7.34. The molecule has 0 aliphatic heterocycles. The molecule has 0 saturated heterocycles. The predicted octanol–water partition coefficient (Wildman–Crippen LogP) is 1.59. The van der Waals surface area contributed by atoms with Crippen molar-refractivity contribution in [2.24, 2.45) is 0 Å². The van der Waals surface area contributed by atoms with Gasteiger partial charge in [-0.05, 0) is 12.1 Å². The Kier molecular flexibility index (Phi) is 4.40. The van der Waals surface area contributed by atoms with Crippen molar-refractivity contribution in [3.63, 3.8) is 0 Å². The van der Waals surface area contributed by atoms with E-state index in [9.17, 15) is 10.1 Å². The van der Waals surface area contributed by atoms with Crippen molar-refractivity contribution in [3.05, 3.63) is 40.5 Å². The summed E-state index contributed by atoms with van der Waals surface area (Å²) in [6, 6.07) is 7.72. The van der Waals surface area contributed by atoms with E-state index >= 15 is 0 Å². The van der Waals surface area contributed by atoms with Gasteiger partial charge in [-0.2, -0.15) is 5.26 Å². The first kappa shape index (κ1) is 14.8. The highest BCUT2D eigenvalue weighted by atomic mass is 32.1. The van der Waals surface area contributed by atoms with Crippen LogP contribution in [0.1, 0.15) is 20.9 Å². The van der Waals surface area contributed by atoms with E-state index in [1.807, 2.05) is 30.1 Å². The highest BCUT2D eigenvalue weighted by Gasteiger charge is 2.22. The van der Waals surface area contributed by atoms with Crippen LogP contribution in [0.4, 0.5) is 10.7 Å². The van der Waals surface area contributed by atoms with E-state index in [-0.39, 0.29) is 11.6 Å². The fraction of sp³-hybridized carbons (Fsp3) is 0.214. The number of nitriles is 1. The Hall–Kier alpha value is -2.59. The van der Waals surface area contributed by atoms with Gasteiger partial charge in [0, 0.05) is 20.3 Å². The molecule has 0 aliphatic carbocycles. The van der Waals surface area contributed by atoms with Gasteiger partial charge >= 0.3 is 0 Å². The summed E-state index contributed by atoms with van der Waals surface area (Å²) < 4.78 is 0. The molecule has 6 nitrogen and oxygen atoms in total. The molecule has 0 bridgehead atoms. The van der Waals surface area contributed by atoms with E-state index in [1.165, 1.54) is 18.4 Å². The topological polar surface area (TPSA) is 95.0 Å². The summed E-state index contributed by atoms with van der Waals surface area (Å²) in [5, 5.41) is 12.5. The average Bonchev–Trinajstić information content (AvgIpc) is 2.84. The molecule has 21 heavy (non-hydrogen) atoms. The Morgan fingerprint density at radius 2 is 2.33 bits per heavy atom. The summed E-state index contributed by atoms with van der Waals surface area (Å²) >= 11 is 1.21. The largest absolute Gasteiger partial charge is 0.396 e. The molecule has 3 N–H and O–H groups in total. The highest BCUT2D eigenvalue weighted by Crippen LogP contribution is 2.37. The van der Waals surface area contributed by atoms with Gasteiger partial charge in [0.1, 0.15) is 21.5 Å². The molecule has 2 aromatic heterocycles. The second-order valence-electron chi connectivity index (χ2n) is 4.39. The molecule has 7 heteroatoms. The normalized spacial score (nSPS) is 9.95. The van der Waals surface area contributed by atoms with Crippen LogP contribution in [-0.4, -0.2) is 25.0 Å². The lowest BCUT2D eigenvalue weighted by Crippen LogP contribution is -2.17. The van der Waals surface area contributed by atoms with E-state index in [0.717, 1.165) is 5.69 Å². The van der Waals surface area contributed by atoms with E-state index in [1.54, 1.807) is 6.20 Å². The van der Waals surface area contributed by atoms with Crippen molar-refractivity contribution >= 4 is 27.9 Å². The van der Waals surface area contributed by atoms with Gasteiger partial charge in [-0.1, -0.05) is 6.07 Å². The third kappa shape index (κ3) is 2.95. The molecule has 0 aliphatic rings. The van der Waals surface area contributed by atoms with Crippen molar-refractivity contribution < 1.29 is 4.79 Å². The number of hydrogen-bond donors (Lipinski definition) is 2. The first-order valence-electron chi connectivity index (χ1n) is 6.24.